The van der Waals surface area contributed by atoms with E-state index in [4.69, 9.17) is 0 Å². The summed E-state index contributed by atoms with van der Waals surface area (Å²) in [6.45, 7) is 10.8. The van der Waals surface area contributed by atoms with E-state index in [9.17, 15) is 0 Å². The van der Waals surface area contributed by atoms with Crippen LogP contribution in [-0.4, -0.2) is 23.5 Å². The first-order valence-corrected chi connectivity index (χ1v) is 5.93. The molecule has 1 aromatic carbocycles. The number of benzene rings is 1. The Hall–Kier alpha value is -0.970. The largest absolute Gasteiger partial charge is 0.288 e. The Morgan fingerprint density at radius 3 is 2.06 bits per heavy atom. The minimum Gasteiger partial charge on any atom is -0.288 e. The number of rotatable bonds is 3. The van der Waals surface area contributed by atoms with Gasteiger partial charge in [0.25, 0.3) is 0 Å². The second-order valence-electron chi connectivity index (χ2n) is 4.35. The highest BCUT2D eigenvalue weighted by molar-refractivity contribution is 5.85. The van der Waals surface area contributed by atoms with Crippen LogP contribution in [-0.2, 0) is 0 Å². The van der Waals surface area contributed by atoms with Crippen LogP contribution in [0, 0.1) is 11.8 Å². The smallest absolute Gasteiger partial charge is 0.0772 e. The Labute approximate surface area is 112 Å². The molecule has 17 heavy (non-hydrogen) atoms. The number of nitrogens with zero attached hydrogens (tertiary/aromatic N) is 1. The molecule has 1 aromatic rings. The zero-order valence-electron chi connectivity index (χ0n) is 11.2. The van der Waals surface area contributed by atoms with Gasteiger partial charge in [-0.05, 0) is 39.1 Å². The molecule has 0 aliphatic heterocycles. The summed E-state index contributed by atoms with van der Waals surface area (Å²) in [5.41, 5.74) is 1.03. The molecule has 2 heteroatoms. The SMILES string of the molecule is CCN(CC)C(C)(C)C#Cc1ccccc1.Cl. The maximum absolute atomic E-state index is 3.35. The number of hydrogen-bond acceptors (Lipinski definition) is 1. The van der Waals surface area contributed by atoms with Crippen LogP contribution in [0.2, 0.25) is 0 Å². The average Bonchev–Trinajstić information content (AvgIpc) is 2.29. The van der Waals surface area contributed by atoms with Crippen LogP contribution in [0.15, 0.2) is 30.3 Å². The van der Waals surface area contributed by atoms with Gasteiger partial charge in [0.2, 0.25) is 0 Å². The number of halogens is 1. The highest BCUT2D eigenvalue weighted by atomic mass is 35.5. The second-order valence-corrected chi connectivity index (χ2v) is 4.35. The Kier molecular flexibility index (Phi) is 6.95. The summed E-state index contributed by atoms with van der Waals surface area (Å²) in [4.78, 5) is 2.36. The zero-order chi connectivity index (χ0) is 12.0. The maximum Gasteiger partial charge on any atom is 0.0772 e. The molecule has 0 aliphatic carbocycles. The van der Waals surface area contributed by atoms with Gasteiger partial charge in [0.1, 0.15) is 0 Å². The van der Waals surface area contributed by atoms with Crippen molar-refractivity contribution in [3.05, 3.63) is 35.9 Å². The molecule has 0 bridgehead atoms. The third kappa shape index (κ3) is 4.81. The minimum absolute atomic E-state index is 0. The Bertz CT molecular complexity index is 369. The van der Waals surface area contributed by atoms with Crippen molar-refractivity contribution >= 4 is 12.4 Å². The molecule has 0 saturated heterocycles. The predicted octanol–water partition coefficient (Wildman–Crippen LogP) is 3.58. The summed E-state index contributed by atoms with van der Waals surface area (Å²) in [6, 6.07) is 10.2. The van der Waals surface area contributed by atoms with Crippen molar-refractivity contribution in [3.63, 3.8) is 0 Å². The monoisotopic (exact) mass is 251 g/mol. The molecule has 1 rings (SSSR count). The highest BCUT2D eigenvalue weighted by Crippen LogP contribution is 2.12. The molecular formula is C15H22ClN. The van der Waals surface area contributed by atoms with Crippen LogP contribution in [0.5, 0.6) is 0 Å². The molecule has 0 fully saturated rings. The molecule has 0 atom stereocenters. The molecule has 0 amide bonds. The van der Waals surface area contributed by atoms with E-state index in [1.54, 1.807) is 0 Å². The van der Waals surface area contributed by atoms with Gasteiger partial charge in [0.15, 0.2) is 0 Å². The fraction of sp³-hybridized carbons (Fsp3) is 0.467. The van der Waals surface area contributed by atoms with Gasteiger partial charge < -0.3 is 0 Å². The van der Waals surface area contributed by atoms with E-state index < -0.39 is 0 Å². The van der Waals surface area contributed by atoms with Crippen LogP contribution in [0.25, 0.3) is 0 Å². The summed E-state index contributed by atoms with van der Waals surface area (Å²) >= 11 is 0. The minimum atomic E-state index is -0.0562. The second kappa shape index (κ2) is 7.37. The molecule has 0 heterocycles. The standard InChI is InChI=1S/C15H21N.ClH/c1-5-16(6-2)15(3,4)13-12-14-10-8-7-9-11-14;/h7-11H,5-6H2,1-4H3;1H. The van der Waals surface area contributed by atoms with E-state index in [0.29, 0.717) is 0 Å². The molecule has 0 N–H and O–H groups in total. The lowest BCUT2D eigenvalue weighted by molar-refractivity contribution is 0.189. The summed E-state index contributed by atoms with van der Waals surface area (Å²) in [5, 5.41) is 0. The van der Waals surface area contributed by atoms with E-state index in [0.717, 1.165) is 18.7 Å². The predicted molar refractivity (Wildman–Crippen MR) is 77.6 cm³/mol. The molecule has 0 spiro atoms. The summed E-state index contributed by atoms with van der Waals surface area (Å²) in [5.74, 6) is 6.60. The van der Waals surface area contributed by atoms with Gasteiger partial charge in [-0.15, -0.1) is 12.4 Å². The van der Waals surface area contributed by atoms with Gasteiger partial charge in [0, 0.05) is 5.56 Å². The van der Waals surface area contributed by atoms with Gasteiger partial charge in [-0.3, -0.25) is 4.90 Å². The van der Waals surface area contributed by atoms with Crippen LogP contribution in [0.4, 0.5) is 0 Å². The van der Waals surface area contributed by atoms with Gasteiger partial charge in [-0.2, -0.15) is 0 Å². The first-order valence-electron chi connectivity index (χ1n) is 5.93. The maximum atomic E-state index is 3.35. The molecule has 0 unspecified atom stereocenters. The fourth-order valence-corrected chi connectivity index (χ4v) is 1.84. The Morgan fingerprint density at radius 1 is 1.06 bits per heavy atom. The van der Waals surface area contributed by atoms with Crippen LogP contribution < -0.4 is 0 Å². The van der Waals surface area contributed by atoms with Crippen LogP contribution >= 0.6 is 12.4 Å². The van der Waals surface area contributed by atoms with E-state index >= 15 is 0 Å². The van der Waals surface area contributed by atoms with Gasteiger partial charge >= 0.3 is 0 Å². The lowest BCUT2D eigenvalue weighted by atomic mass is 10.0. The third-order valence-electron chi connectivity index (χ3n) is 2.84. The molecule has 0 aliphatic rings. The van der Waals surface area contributed by atoms with Crippen LogP contribution in [0.3, 0.4) is 0 Å². The van der Waals surface area contributed by atoms with Gasteiger partial charge in [0.05, 0.1) is 5.54 Å². The van der Waals surface area contributed by atoms with Crippen molar-refractivity contribution in [1.82, 2.24) is 4.90 Å². The van der Waals surface area contributed by atoms with E-state index in [-0.39, 0.29) is 17.9 Å². The normalized spacial score (nSPS) is 10.4. The highest BCUT2D eigenvalue weighted by Gasteiger charge is 2.20. The molecule has 0 saturated carbocycles. The molecule has 94 valence electrons. The fourth-order valence-electron chi connectivity index (χ4n) is 1.84. The van der Waals surface area contributed by atoms with Gasteiger partial charge in [-0.25, -0.2) is 0 Å². The van der Waals surface area contributed by atoms with Crippen molar-refractivity contribution in [1.29, 1.82) is 0 Å². The van der Waals surface area contributed by atoms with E-state index in [1.807, 2.05) is 30.3 Å². The quantitative estimate of drug-likeness (QED) is 0.743. The zero-order valence-corrected chi connectivity index (χ0v) is 12.0. The first-order chi connectivity index (χ1) is 7.60. The van der Waals surface area contributed by atoms with E-state index in [2.05, 4.69) is 44.4 Å². The van der Waals surface area contributed by atoms with Crippen LogP contribution in [0.1, 0.15) is 33.3 Å². The summed E-state index contributed by atoms with van der Waals surface area (Å²) in [7, 11) is 0. The van der Waals surface area contributed by atoms with Gasteiger partial charge in [-0.1, -0.05) is 43.9 Å². The van der Waals surface area contributed by atoms with Crippen molar-refractivity contribution in [2.24, 2.45) is 0 Å². The molecular weight excluding hydrogens is 230 g/mol. The van der Waals surface area contributed by atoms with Crippen molar-refractivity contribution in [2.75, 3.05) is 13.1 Å². The first kappa shape index (κ1) is 16.0. The third-order valence-corrected chi connectivity index (χ3v) is 2.84. The lowest BCUT2D eigenvalue weighted by Crippen LogP contribution is -2.42. The summed E-state index contributed by atoms with van der Waals surface area (Å²) in [6.07, 6.45) is 0. The molecule has 1 nitrogen and oxygen atoms in total. The van der Waals surface area contributed by atoms with Crippen molar-refractivity contribution in [2.45, 2.75) is 33.2 Å². The lowest BCUT2D eigenvalue weighted by Gasteiger charge is -2.32. The van der Waals surface area contributed by atoms with Crippen molar-refractivity contribution < 1.29 is 0 Å². The van der Waals surface area contributed by atoms with Crippen molar-refractivity contribution in [3.8, 4) is 11.8 Å². The average molecular weight is 252 g/mol. The van der Waals surface area contributed by atoms with E-state index in [1.165, 1.54) is 0 Å². The Morgan fingerprint density at radius 2 is 1.59 bits per heavy atom. The number of hydrogen-bond donors (Lipinski definition) is 0. The summed E-state index contributed by atoms with van der Waals surface area (Å²) < 4.78 is 0. The molecule has 0 aromatic heterocycles. The molecule has 0 radical (unpaired) electrons. The topological polar surface area (TPSA) is 3.24 Å². The Balaban J connectivity index is 0.00000256.